The van der Waals surface area contributed by atoms with E-state index in [2.05, 4.69) is 0 Å². The second-order valence-electron chi connectivity index (χ2n) is 4.31. The molecular weight excluding hydrogens is 225 g/mol. The Labute approximate surface area is 98.3 Å². The molecule has 2 atom stereocenters. The molecule has 1 aromatic carbocycles. The van der Waals surface area contributed by atoms with E-state index in [0.717, 1.165) is 0 Å². The topological polar surface area (TPSA) is 60.8 Å². The molecule has 1 heterocycles. The second kappa shape index (κ2) is 4.43. The lowest BCUT2D eigenvalue weighted by atomic mass is 10.1. The van der Waals surface area contributed by atoms with Crippen LogP contribution in [-0.4, -0.2) is 46.3 Å². The molecule has 4 nitrogen and oxygen atoms in total. The second-order valence-corrected chi connectivity index (χ2v) is 4.31. The Hall–Kier alpha value is -1.46. The fraction of sp³-hybridized carbons (Fsp3) is 0.417. The van der Waals surface area contributed by atoms with Gasteiger partial charge in [0.2, 0.25) is 0 Å². The van der Waals surface area contributed by atoms with Crippen LogP contribution in [0, 0.1) is 12.7 Å². The maximum Gasteiger partial charge on any atom is 0.254 e. The smallest absolute Gasteiger partial charge is 0.254 e. The van der Waals surface area contributed by atoms with Gasteiger partial charge in [-0.3, -0.25) is 4.79 Å². The Bertz CT molecular complexity index is 439. The molecule has 0 aromatic heterocycles. The molecule has 92 valence electrons. The summed E-state index contributed by atoms with van der Waals surface area (Å²) in [5, 5.41) is 18.7. The SMILES string of the molecule is Cc1ccc(C(=O)N2CC(O)C(O)C2)cc1F. The van der Waals surface area contributed by atoms with Crippen molar-refractivity contribution in [3.63, 3.8) is 0 Å². The Balaban J connectivity index is 2.17. The lowest BCUT2D eigenvalue weighted by molar-refractivity contribution is 0.0572. The van der Waals surface area contributed by atoms with Gasteiger partial charge in [-0.2, -0.15) is 0 Å². The predicted octanol–water partition coefficient (Wildman–Crippen LogP) is 0.312. The minimum Gasteiger partial charge on any atom is -0.388 e. The number of β-amino-alcohol motifs (C(OH)–C–C–N with tert-alkyl or cyclic N) is 2. The van der Waals surface area contributed by atoms with Crippen LogP contribution in [0.1, 0.15) is 15.9 Å². The highest BCUT2D eigenvalue weighted by Crippen LogP contribution is 2.16. The monoisotopic (exact) mass is 239 g/mol. The fourth-order valence-electron chi connectivity index (χ4n) is 1.84. The highest BCUT2D eigenvalue weighted by molar-refractivity contribution is 5.94. The van der Waals surface area contributed by atoms with E-state index < -0.39 is 18.0 Å². The molecule has 2 rings (SSSR count). The van der Waals surface area contributed by atoms with Gasteiger partial charge in [-0.1, -0.05) is 6.07 Å². The number of likely N-dealkylation sites (tertiary alicyclic amines) is 1. The molecular formula is C12H14FNO3. The molecule has 1 amide bonds. The number of halogens is 1. The zero-order valence-corrected chi connectivity index (χ0v) is 9.43. The first-order chi connectivity index (χ1) is 7.99. The summed E-state index contributed by atoms with van der Waals surface area (Å²) in [5.74, 6) is -0.810. The van der Waals surface area contributed by atoms with Crippen molar-refractivity contribution in [1.29, 1.82) is 0 Å². The molecule has 1 aromatic rings. The maximum atomic E-state index is 13.3. The van der Waals surface area contributed by atoms with E-state index in [1.165, 1.54) is 23.1 Å². The Kier molecular flexibility index (Phi) is 3.13. The van der Waals surface area contributed by atoms with Crippen LogP contribution in [0.3, 0.4) is 0 Å². The third kappa shape index (κ3) is 2.30. The normalized spacial score (nSPS) is 24.1. The summed E-state index contributed by atoms with van der Waals surface area (Å²) < 4.78 is 13.3. The van der Waals surface area contributed by atoms with Gasteiger partial charge in [0, 0.05) is 18.7 Å². The van der Waals surface area contributed by atoms with E-state index in [4.69, 9.17) is 0 Å². The van der Waals surface area contributed by atoms with Crippen LogP contribution >= 0.6 is 0 Å². The Morgan fingerprint density at radius 2 is 1.94 bits per heavy atom. The number of benzene rings is 1. The van der Waals surface area contributed by atoms with Gasteiger partial charge in [0.05, 0.1) is 12.2 Å². The maximum absolute atomic E-state index is 13.3. The third-order valence-corrected chi connectivity index (χ3v) is 2.97. The first-order valence-electron chi connectivity index (χ1n) is 5.40. The number of aliphatic hydroxyl groups is 2. The summed E-state index contributed by atoms with van der Waals surface area (Å²) in [4.78, 5) is 13.3. The number of aliphatic hydroxyl groups excluding tert-OH is 2. The molecule has 17 heavy (non-hydrogen) atoms. The van der Waals surface area contributed by atoms with Crippen LogP contribution in [0.25, 0.3) is 0 Å². The van der Waals surface area contributed by atoms with Crippen molar-refractivity contribution < 1.29 is 19.4 Å². The predicted molar refractivity (Wildman–Crippen MR) is 59.1 cm³/mol. The highest BCUT2D eigenvalue weighted by Gasteiger charge is 2.32. The number of carbonyl (C=O) groups excluding carboxylic acids is 1. The van der Waals surface area contributed by atoms with Gasteiger partial charge in [0.25, 0.3) is 5.91 Å². The first-order valence-corrected chi connectivity index (χ1v) is 5.40. The summed E-state index contributed by atoms with van der Waals surface area (Å²) in [6.45, 7) is 1.78. The van der Waals surface area contributed by atoms with E-state index in [-0.39, 0.29) is 24.6 Å². The standard InChI is InChI=1S/C12H14FNO3/c1-7-2-3-8(4-9(7)13)12(17)14-5-10(15)11(16)6-14/h2-4,10-11,15-16H,5-6H2,1H3. The van der Waals surface area contributed by atoms with Gasteiger partial charge in [0.1, 0.15) is 5.82 Å². The number of aryl methyl sites for hydroxylation is 1. The molecule has 0 bridgehead atoms. The molecule has 2 N–H and O–H groups in total. The van der Waals surface area contributed by atoms with E-state index in [9.17, 15) is 19.4 Å². The van der Waals surface area contributed by atoms with Crippen LogP contribution in [0.15, 0.2) is 18.2 Å². The van der Waals surface area contributed by atoms with Crippen molar-refractivity contribution in [2.24, 2.45) is 0 Å². The van der Waals surface area contributed by atoms with Gasteiger partial charge in [-0.15, -0.1) is 0 Å². The van der Waals surface area contributed by atoms with Gasteiger partial charge in [-0.25, -0.2) is 4.39 Å². The molecule has 1 aliphatic heterocycles. The highest BCUT2D eigenvalue weighted by atomic mass is 19.1. The van der Waals surface area contributed by atoms with Gasteiger partial charge < -0.3 is 15.1 Å². The van der Waals surface area contributed by atoms with E-state index >= 15 is 0 Å². The molecule has 5 heteroatoms. The molecule has 1 aliphatic rings. The number of hydrogen-bond acceptors (Lipinski definition) is 3. The van der Waals surface area contributed by atoms with E-state index in [1.807, 2.05) is 0 Å². The van der Waals surface area contributed by atoms with Crippen molar-refractivity contribution in [1.82, 2.24) is 4.90 Å². The van der Waals surface area contributed by atoms with E-state index in [0.29, 0.717) is 5.56 Å². The molecule has 1 fully saturated rings. The van der Waals surface area contributed by atoms with Crippen molar-refractivity contribution in [3.05, 3.63) is 35.1 Å². The Morgan fingerprint density at radius 1 is 1.35 bits per heavy atom. The third-order valence-electron chi connectivity index (χ3n) is 2.97. The largest absolute Gasteiger partial charge is 0.388 e. The van der Waals surface area contributed by atoms with Crippen LogP contribution in [0.2, 0.25) is 0 Å². The zero-order chi connectivity index (χ0) is 12.6. The summed E-state index contributed by atoms with van der Waals surface area (Å²) in [7, 11) is 0. The number of nitrogens with zero attached hydrogens (tertiary/aromatic N) is 1. The number of rotatable bonds is 1. The summed E-state index contributed by atoms with van der Waals surface area (Å²) in [6, 6.07) is 4.25. The van der Waals surface area contributed by atoms with Gasteiger partial charge in [0.15, 0.2) is 0 Å². The lowest BCUT2D eigenvalue weighted by Gasteiger charge is -2.15. The molecule has 2 unspecified atom stereocenters. The number of hydrogen-bond donors (Lipinski definition) is 2. The van der Waals surface area contributed by atoms with Crippen molar-refractivity contribution in [2.45, 2.75) is 19.1 Å². The van der Waals surface area contributed by atoms with Crippen LogP contribution < -0.4 is 0 Å². The van der Waals surface area contributed by atoms with Crippen molar-refractivity contribution in [2.75, 3.05) is 13.1 Å². The van der Waals surface area contributed by atoms with Gasteiger partial charge in [-0.05, 0) is 24.6 Å². The Morgan fingerprint density at radius 3 is 2.47 bits per heavy atom. The average Bonchev–Trinajstić information content (AvgIpc) is 2.62. The molecule has 0 aliphatic carbocycles. The average molecular weight is 239 g/mol. The quantitative estimate of drug-likeness (QED) is 0.741. The molecule has 0 saturated carbocycles. The van der Waals surface area contributed by atoms with Crippen LogP contribution in [-0.2, 0) is 0 Å². The minimum absolute atomic E-state index is 0.0789. The van der Waals surface area contributed by atoms with Crippen LogP contribution in [0.5, 0.6) is 0 Å². The summed E-state index contributed by atoms with van der Waals surface area (Å²) >= 11 is 0. The minimum atomic E-state index is -0.922. The molecule has 1 saturated heterocycles. The first kappa shape index (κ1) is 12.0. The van der Waals surface area contributed by atoms with E-state index in [1.54, 1.807) is 6.92 Å². The lowest BCUT2D eigenvalue weighted by Crippen LogP contribution is -2.29. The summed E-state index contributed by atoms with van der Waals surface area (Å²) in [6.07, 6.45) is -1.84. The van der Waals surface area contributed by atoms with Crippen molar-refractivity contribution in [3.8, 4) is 0 Å². The fourth-order valence-corrected chi connectivity index (χ4v) is 1.84. The van der Waals surface area contributed by atoms with Crippen molar-refractivity contribution >= 4 is 5.91 Å². The molecule has 0 spiro atoms. The zero-order valence-electron chi connectivity index (χ0n) is 9.43. The molecule has 0 radical (unpaired) electrons. The van der Waals surface area contributed by atoms with Gasteiger partial charge >= 0.3 is 0 Å². The van der Waals surface area contributed by atoms with Crippen LogP contribution in [0.4, 0.5) is 4.39 Å². The summed E-state index contributed by atoms with van der Waals surface area (Å²) in [5.41, 5.74) is 0.706. The number of carbonyl (C=O) groups is 1. The number of amides is 1.